The van der Waals surface area contributed by atoms with Gasteiger partial charge in [-0.1, -0.05) is 67.7 Å². The molecule has 0 aromatic heterocycles. The highest BCUT2D eigenvalue weighted by molar-refractivity contribution is 4.90. The van der Waals surface area contributed by atoms with Crippen molar-refractivity contribution in [2.75, 3.05) is 0 Å². The zero-order valence-electron chi connectivity index (χ0n) is 13.9. The van der Waals surface area contributed by atoms with E-state index in [-0.39, 0.29) is 0 Å². The van der Waals surface area contributed by atoms with E-state index in [1.54, 1.807) is 0 Å². The van der Waals surface area contributed by atoms with Crippen LogP contribution in [0.2, 0.25) is 0 Å². The first-order valence-electron chi connectivity index (χ1n) is 8.26. The molecule has 2 fully saturated rings. The number of rotatable bonds is 0. The van der Waals surface area contributed by atoms with Crippen molar-refractivity contribution < 1.29 is 0 Å². The van der Waals surface area contributed by atoms with Crippen LogP contribution in [0.1, 0.15) is 80.6 Å². The minimum absolute atomic E-state index is 0.542. The van der Waals surface area contributed by atoms with Gasteiger partial charge >= 0.3 is 0 Å². The molecule has 18 heavy (non-hydrogen) atoms. The van der Waals surface area contributed by atoms with Gasteiger partial charge in [0.25, 0.3) is 0 Å². The summed E-state index contributed by atoms with van der Waals surface area (Å²) in [5, 5.41) is 0. The second kappa shape index (κ2) is 6.44. The standard InChI is InChI=1S/C12H22.C6H14/c1-8-4-6-11-9(2)5-7-12(11)10(8)3;1-5-6(2,3)4/h8-12H,4-7H2,1-3H3;5H2,1-4H3. The molecular formula is C18H36. The van der Waals surface area contributed by atoms with E-state index in [4.69, 9.17) is 0 Å². The van der Waals surface area contributed by atoms with Gasteiger partial charge in [0.1, 0.15) is 0 Å². The van der Waals surface area contributed by atoms with Crippen molar-refractivity contribution in [3.05, 3.63) is 0 Å². The molecule has 0 saturated heterocycles. The van der Waals surface area contributed by atoms with E-state index in [9.17, 15) is 0 Å². The molecule has 2 aliphatic rings. The largest absolute Gasteiger partial charge is 0.0649 e. The minimum atomic E-state index is 0.542. The first kappa shape index (κ1) is 16.1. The fourth-order valence-corrected chi connectivity index (χ4v) is 3.60. The average Bonchev–Trinajstić information content (AvgIpc) is 2.66. The smallest absolute Gasteiger partial charge is 0.0355 e. The molecule has 0 aromatic rings. The summed E-state index contributed by atoms with van der Waals surface area (Å²) in [4.78, 5) is 0. The molecule has 0 aromatic carbocycles. The third-order valence-electron chi connectivity index (χ3n) is 5.83. The zero-order chi connectivity index (χ0) is 13.9. The summed E-state index contributed by atoms with van der Waals surface area (Å²) < 4.78 is 0. The molecule has 0 N–H and O–H groups in total. The van der Waals surface area contributed by atoms with E-state index in [1.165, 1.54) is 32.1 Å². The summed E-state index contributed by atoms with van der Waals surface area (Å²) in [6, 6.07) is 0. The SMILES string of the molecule is CC1CCC2C(C)CCC2C1C.CCC(C)(C)C. The van der Waals surface area contributed by atoms with E-state index in [2.05, 4.69) is 48.5 Å². The zero-order valence-corrected chi connectivity index (χ0v) is 13.9. The van der Waals surface area contributed by atoms with Gasteiger partial charge in [0.15, 0.2) is 0 Å². The molecule has 0 nitrogen and oxygen atoms in total. The third kappa shape index (κ3) is 4.28. The Bertz CT molecular complexity index is 235. The average molecular weight is 252 g/mol. The van der Waals surface area contributed by atoms with Crippen LogP contribution in [0.3, 0.4) is 0 Å². The summed E-state index contributed by atoms with van der Waals surface area (Å²) in [7, 11) is 0. The van der Waals surface area contributed by atoms with E-state index >= 15 is 0 Å². The third-order valence-corrected chi connectivity index (χ3v) is 5.83. The molecular weight excluding hydrogens is 216 g/mol. The predicted molar refractivity (Wildman–Crippen MR) is 82.7 cm³/mol. The second-order valence-electron chi connectivity index (χ2n) is 8.21. The van der Waals surface area contributed by atoms with Crippen molar-refractivity contribution >= 4 is 0 Å². The van der Waals surface area contributed by atoms with Crippen LogP contribution >= 0.6 is 0 Å². The summed E-state index contributed by atoms with van der Waals surface area (Å²) in [6.45, 7) is 16.3. The molecule has 0 heteroatoms. The van der Waals surface area contributed by atoms with Gasteiger partial charge in [-0.3, -0.25) is 0 Å². The van der Waals surface area contributed by atoms with Gasteiger partial charge in [-0.2, -0.15) is 0 Å². The van der Waals surface area contributed by atoms with Crippen molar-refractivity contribution in [2.45, 2.75) is 80.6 Å². The molecule has 2 rings (SSSR count). The number of fused-ring (bicyclic) bond motifs is 1. The molecule has 2 saturated carbocycles. The van der Waals surface area contributed by atoms with Crippen LogP contribution in [-0.2, 0) is 0 Å². The van der Waals surface area contributed by atoms with E-state index in [0.29, 0.717) is 5.41 Å². The summed E-state index contributed by atoms with van der Waals surface area (Å²) >= 11 is 0. The maximum absolute atomic E-state index is 2.49. The molecule has 0 heterocycles. The van der Waals surface area contributed by atoms with Gasteiger partial charge in [0.05, 0.1) is 0 Å². The Morgan fingerprint density at radius 3 is 1.72 bits per heavy atom. The fraction of sp³-hybridized carbons (Fsp3) is 1.00. The Kier molecular flexibility index (Phi) is 5.74. The van der Waals surface area contributed by atoms with Gasteiger partial charge in [0, 0.05) is 0 Å². The first-order chi connectivity index (χ1) is 8.26. The van der Waals surface area contributed by atoms with Gasteiger partial charge in [0.2, 0.25) is 0 Å². The van der Waals surface area contributed by atoms with Crippen LogP contribution in [-0.4, -0.2) is 0 Å². The van der Waals surface area contributed by atoms with Crippen LogP contribution in [0.5, 0.6) is 0 Å². The highest BCUT2D eigenvalue weighted by atomic mass is 14.5. The lowest BCUT2D eigenvalue weighted by Crippen LogP contribution is -2.30. The Balaban J connectivity index is 0.000000232. The number of hydrogen-bond donors (Lipinski definition) is 0. The maximum Gasteiger partial charge on any atom is -0.0355 e. The molecule has 0 amide bonds. The van der Waals surface area contributed by atoms with Crippen molar-refractivity contribution in [3.8, 4) is 0 Å². The minimum Gasteiger partial charge on any atom is -0.0649 e. The Morgan fingerprint density at radius 1 is 0.778 bits per heavy atom. The Labute approximate surface area is 116 Å². The second-order valence-corrected chi connectivity index (χ2v) is 8.21. The molecule has 108 valence electrons. The lowest BCUT2D eigenvalue weighted by atomic mass is 9.68. The summed E-state index contributed by atoms with van der Waals surface area (Å²) in [5.74, 6) is 5.22. The molecule has 0 bridgehead atoms. The quantitative estimate of drug-likeness (QED) is 0.484. The van der Waals surface area contributed by atoms with Crippen LogP contribution in [0, 0.1) is 35.0 Å². The molecule has 0 spiro atoms. The maximum atomic E-state index is 2.49. The van der Waals surface area contributed by atoms with E-state index < -0.39 is 0 Å². The molecule has 5 unspecified atom stereocenters. The van der Waals surface area contributed by atoms with Crippen molar-refractivity contribution in [2.24, 2.45) is 35.0 Å². The Morgan fingerprint density at radius 2 is 1.22 bits per heavy atom. The summed E-state index contributed by atoms with van der Waals surface area (Å²) in [5.41, 5.74) is 0.542. The molecule has 0 radical (unpaired) electrons. The normalized spacial score (nSPS) is 39.8. The highest BCUT2D eigenvalue weighted by Gasteiger charge is 2.40. The summed E-state index contributed by atoms with van der Waals surface area (Å²) in [6.07, 6.45) is 7.32. The van der Waals surface area contributed by atoms with Crippen molar-refractivity contribution in [1.82, 2.24) is 0 Å². The van der Waals surface area contributed by atoms with Crippen LogP contribution in [0.4, 0.5) is 0 Å². The molecule has 5 atom stereocenters. The monoisotopic (exact) mass is 252 g/mol. The van der Waals surface area contributed by atoms with Crippen molar-refractivity contribution in [1.29, 1.82) is 0 Å². The van der Waals surface area contributed by atoms with E-state index in [1.807, 2.05) is 0 Å². The van der Waals surface area contributed by atoms with Crippen LogP contribution in [0.15, 0.2) is 0 Å². The topological polar surface area (TPSA) is 0 Å². The first-order valence-corrected chi connectivity index (χ1v) is 8.26. The predicted octanol–water partition coefficient (Wildman–Crippen LogP) is 6.16. The van der Waals surface area contributed by atoms with Crippen molar-refractivity contribution in [3.63, 3.8) is 0 Å². The van der Waals surface area contributed by atoms with Crippen LogP contribution < -0.4 is 0 Å². The Hall–Kier alpha value is 0. The lowest BCUT2D eigenvalue weighted by molar-refractivity contribution is 0.119. The van der Waals surface area contributed by atoms with Gasteiger partial charge in [-0.25, -0.2) is 0 Å². The molecule has 0 aliphatic heterocycles. The molecule has 2 aliphatic carbocycles. The van der Waals surface area contributed by atoms with Gasteiger partial charge in [-0.15, -0.1) is 0 Å². The van der Waals surface area contributed by atoms with Crippen LogP contribution in [0.25, 0.3) is 0 Å². The highest BCUT2D eigenvalue weighted by Crippen LogP contribution is 2.50. The van der Waals surface area contributed by atoms with Gasteiger partial charge < -0.3 is 0 Å². The van der Waals surface area contributed by atoms with Gasteiger partial charge in [-0.05, 0) is 47.8 Å². The fourth-order valence-electron chi connectivity index (χ4n) is 3.60. The van der Waals surface area contributed by atoms with E-state index in [0.717, 1.165) is 29.6 Å². The number of hydrogen-bond acceptors (Lipinski definition) is 0. The lowest BCUT2D eigenvalue weighted by Gasteiger charge is -2.37.